The minimum atomic E-state index is -0.589. The molecule has 310 valence electrons. The summed E-state index contributed by atoms with van der Waals surface area (Å²) < 4.78 is 21.8. The van der Waals surface area contributed by atoms with Crippen LogP contribution in [0.25, 0.3) is 55.9 Å². The number of carbonyl (C=O) groups is 2. The Labute approximate surface area is 361 Å². The average molecular weight is 943 g/mol. The van der Waals surface area contributed by atoms with Gasteiger partial charge >= 0.3 is 11.9 Å². The average Bonchev–Trinajstić information content (AvgIpc) is 4.01. The summed E-state index contributed by atoms with van der Waals surface area (Å²) in [5.41, 5.74) is 4.33. The third-order valence-corrected chi connectivity index (χ3v) is 10.9. The molecule has 60 heavy (non-hydrogen) atoms. The van der Waals surface area contributed by atoms with Gasteiger partial charge in [0.1, 0.15) is 17.8 Å². The smallest absolute Gasteiger partial charge is 0.328 e. The first-order valence-corrected chi connectivity index (χ1v) is 20.4. The summed E-state index contributed by atoms with van der Waals surface area (Å²) in [5.74, 6) is 1.86. The number of nitrogens with zero attached hydrogens (tertiary/aromatic N) is 10. The van der Waals surface area contributed by atoms with Crippen LogP contribution < -0.4 is 15.4 Å². The van der Waals surface area contributed by atoms with Crippen LogP contribution in [0, 0.1) is 11.8 Å². The number of benzene rings is 3. The fourth-order valence-corrected chi connectivity index (χ4v) is 7.34. The van der Waals surface area contributed by atoms with Crippen LogP contribution in [0.2, 0.25) is 0 Å². The summed E-state index contributed by atoms with van der Waals surface area (Å²) in [6, 6.07) is 17.9. The van der Waals surface area contributed by atoms with Gasteiger partial charge in [-0.15, -0.1) is 10.2 Å². The van der Waals surface area contributed by atoms with E-state index < -0.39 is 12.1 Å². The molecule has 2 atom stereocenters. The molecule has 19 heteroatoms. The lowest BCUT2D eigenvalue weighted by molar-refractivity contribution is -0.143. The number of methoxy groups -OCH3 is 3. The van der Waals surface area contributed by atoms with Crippen molar-refractivity contribution in [2.75, 3.05) is 32.0 Å². The highest BCUT2D eigenvalue weighted by molar-refractivity contribution is 9.11. The lowest BCUT2D eigenvalue weighted by atomic mass is 10.1. The normalized spacial score (nSPS) is 12.5. The van der Waals surface area contributed by atoms with Crippen LogP contribution in [-0.4, -0.2) is 94.3 Å². The number of ether oxygens (including phenoxy) is 3. The highest BCUT2D eigenvalue weighted by Crippen LogP contribution is 2.31. The molecule has 17 nitrogen and oxygen atoms in total. The van der Waals surface area contributed by atoms with Gasteiger partial charge in [-0.2, -0.15) is 14.1 Å². The van der Waals surface area contributed by atoms with Crippen molar-refractivity contribution in [1.29, 1.82) is 0 Å². The van der Waals surface area contributed by atoms with Gasteiger partial charge in [0.2, 0.25) is 11.9 Å². The molecule has 2 N–H and O–H groups in total. The fourth-order valence-electron chi connectivity index (χ4n) is 6.43. The maximum Gasteiger partial charge on any atom is 0.328 e. The Hall–Kier alpha value is -6.21. The quantitative estimate of drug-likeness (QED) is 0.122. The van der Waals surface area contributed by atoms with Crippen molar-refractivity contribution in [3.05, 3.63) is 82.0 Å². The summed E-state index contributed by atoms with van der Waals surface area (Å²) in [6.07, 6.45) is 3.55. The molecule has 0 saturated heterocycles. The molecule has 0 aliphatic carbocycles. The number of carbonyl (C=O) groups excluding carboxylic acids is 2. The summed E-state index contributed by atoms with van der Waals surface area (Å²) in [6.45, 7) is 7.75. The molecule has 0 fully saturated rings. The number of esters is 2. The van der Waals surface area contributed by atoms with E-state index in [1.54, 1.807) is 27.0 Å². The number of fused-ring (bicyclic) bond motifs is 6. The van der Waals surface area contributed by atoms with E-state index in [4.69, 9.17) is 34.1 Å². The fraction of sp³-hybridized carbons (Fsp3) is 0.293. The van der Waals surface area contributed by atoms with Crippen molar-refractivity contribution in [3.63, 3.8) is 0 Å². The third kappa shape index (κ3) is 8.31. The summed E-state index contributed by atoms with van der Waals surface area (Å²) in [7, 11) is 6.20. The molecule has 2 unspecified atom stereocenters. The topological polar surface area (TPSA) is 190 Å². The van der Waals surface area contributed by atoms with E-state index >= 15 is 0 Å². The molecule has 0 spiro atoms. The molecule has 3 aromatic carbocycles. The molecular formula is C41H42Br2N12O5. The van der Waals surface area contributed by atoms with E-state index in [0.29, 0.717) is 34.8 Å². The van der Waals surface area contributed by atoms with Gasteiger partial charge in [0, 0.05) is 38.5 Å². The van der Waals surface area contributed by atoms with Crippen LogP contribution >= 0.6 is 31.9 Å². The molecule has 0 radical (unpaired) electrons. The Morgan fingerprint density at radius 3 is 1.52 bits per heavy atom. The van der Waals surface area contributed by atoms with Gasteiger partial charge in [0.05, 0.1) is 44.1 Å². The largest absolute Gasteiger partial charge is 0.497 e. The van der Waals surface area contributed by atoms with Gasteiger partial charge in [-0.1, -0.05) is 39.8 Å². The van der Waals surface area contributed by atoms with Crippen LogP contribution in [-0.2, 0) is 26.1 Å². The van der Waals surface area contributed by atoms with E-state index in [1.807, 2.05) is 102 Å². The highest BCUT2D eigenvalue weighted by Gasteiger charge is 2.27. The monoisotopic (exact) mass is 940 g/mol. The van der Waals surface area contributed by atoms with Crippen molar-refractivity contribution in [2.45, 2.75) is 39.8 Å². The highest BCUT2D eigenvalue weighted by atomic mass is 79.9. The zero-order valence-electron chi connectivity index (χ0n) is 34.0. The van der Waals surface area contributed by atoms with Gasteiger partial charge < -0.3 is 24.8 Å². The zero-order valence-corrected chi connectivity index (χ0v) is 37.2. The molecule has 0 bridgehead atoms. The summed E-state index contributed by atoms with van der Waals surface area (Å²) in [5, 5.41) is 21.6. The number of rotatable bonds is 11. The molecule has 8 aromatic rings. The lowest BCUT2D eigenvalue weighted by Gasteiger charge is -2.20. The predicted octanol–water partition coefficient (Wildman–Crippen LogP) is 7.38. The second kappa shape index (κ2) is 17.6. The van der Waals surface area contributed by atoms with E-state index in [1.165, 1.54) is 14.2 Å². The van der Waals surface area contributed by atoms with Gasteiger partial charge in [0.25, 0.3) is 0 Å². The minimum Gasteiger partial charge on any atom is -0.497 e. The summed E-state index contributed by atoms with van der Waals surface area (Å²) >= 11 is 7.13. The maximum atomic E-state index is 12.3. The Morgan fingerprint density at radius 1 is 0.650 bits per heavy atom. The second-order valence-electron chi connectivity index (χ2n) is 14.4. The van der Waals surface area contributed by atoms with Crippen molar-refractivity contribution in [2.24, 2.45) is 18.9 Å². The molecule has 8 rings (SSSR count). The third-order valence-electron chi connectivity index (χ3n) is 9.63. The molecule has 0 aliphatic heterocycles. The first-order valence-electron chi connectivity index (χ1n) is 18.8. The van der Waals surface area contributed by atoms with Crippen molar-refractivity contribution in [3.8, 4) is 28.5 Å². The SMILES string of the molecule is COC(=O)C(Nc1nc2c(Br)cccc2c2nc(-c3ccc(OC)cc3)nn12)C(C)C.COC(=O)C(Nc1nc2c(Br)cccc2c2nc(-c3cnn(C)c3)nn12)C(C)C. The van der Waals surface area contributed by atoms with Gasteiger partial charge in [-0.05, 0) is 92.2 Å². The number of para-hydroxylation sites is 2. The first-order chi connectivity index (χ1) is 28.8. The van der Waals surface area contributed by atoms with E-state index in [2.05, 4.69) is 57.8 Å². The van der Waals surface area contributed by atoms with Crippen molar-refractivity contribution >= 4 is 88.8 Å². The molecule has 0 saturated carbocycles. The van der Waals surface area contributed by atoms with Gasteiger partial charge in [-0.3, -0.25) is 4.68 Å². The number of nitrogens with one attached hydrogen (secondary N) is 2. The minimum absolute atomic E-state index is 0.0180. The van der Waals surface area contributed by atoms with Gasteiger partial charge in [-0.25, -0.2) is 29.5 Å². The van der Waals surface area contributed by atoms with Gasteiger partial charge in [0.15, 0.2) is 22.9 Å². The molecule has 0 aliphatic rings. The zero-order chi connectivity index (χ0) is 42.8. The van der Waals surface area contributed by atoms with Crippen molar-refractivity contribution < 1.29 is 23.8 Å². The molecule has 0 amide bonds. The Bertz CT molecular complexity index is 2860. The first kappa shape index (κ1) is 41.9. The molecule has 5 heterocycles. The van der Waals surface area contributed by atoms with Crippen molar-refractivity contribution in [1.82, 2.24) is 48.9 Å². The van der Waals surface area contributed by atoms with Crippen LogP contribution in [0.1, 0.15) is 27.7 Å². The predicted molar refractivity (Wildman–Crippen MR) is 235 cm³/mol. The summed E-state index contributed by atoms with van der Waals surface area (Å²) in [4.78, 5) is 43.6. The van der Waals surface area contributed by atoms with Crippen LogP contribution in [0.15, 0.2) is 82.0 Å². The Morgan fingerprint density at radius 2 is 1.12 bits per heavy atom. The number of halogens is 2. The van der Waals surface area contributed by atoms with Crippen LogP contribution in [0.5, 0.6) is 5.75 Å². The van der Waals surface area contributed by atoms with Crippen LogP contribution in [0.4, 0.5) is 11.9 Å². The number of anilines is 2. The number of aryl methyl sites for hydroxylation is 1. The van der Waals surface area contributed by atoms with E-state index in [-0.39, 0.29) is 23.8 Å². The molecule has 5 aromatic heterocycles. The van der Waals surface area contributed by atoms with E-state index in [9.17, 15) is 9.59 Å². The van der Waals surface area contributed by atoms with Crippen LogP contribution in [0.3, 0.4) is 0 Å². The Kier molecular flexibility index (Phi) is 12.3. The molecular weight excluding hydrogens is 900 g/mol. The Balaban J connectivity index is 0.000000182. The second-order valence-corrected chi connectivity index (χ2v) is 16.1. The number of aromatic nitrogens is 10. The number of hydrogen-bond donors (Lipinski definition) is 2. The number of hydrogen-bond acceptors (Lipinski definition) is 14. The van der Waals surface area contributed by atoms with E-state index in [0.717, 1.165) is 47.6 Å². The standard InChI is InChI=1S/C22H22BrN5O3.C19H20BrN7O2/c1-12(2)17(21(29)31-4)24-22-25-18-15(6-5-7-16(18)23)20-26-19(27-28(20)22)13-8-10-14(30-3)11-9-13;1-10(2)14(18(28)29-4)22-19-23-15-12(6-5-7-13(15)20)17-24-16(25-27(17)19)11-8-21-26(3)9-11/h5-12,17H,1-4H3,(H,24,25);5-10,14H,1-4H3,(H,22,23). The maximum absolute atomic E-state index is 12.3. The lowest BCUT2D eigenvalue weighted by Crippen LogP contribution is -2.36.